The lowest BCUT2D eigenvalue weighted by atomic mass is 9.80. The highest BCUT2D eigenvalue weighted by Gasteiger charge is 2.64. The molecule has 3 aromatic carbocycles. The van der Waals surface area contributed by atoms with Crippen molar-refractivity contribution >= 4 is 39.1 Å². The molecule has 3 atom stereocenters. The minimum Gasteiger partial charge on any atom is -0.497 e. The van der Waals surface area contributed by atoms with Gasteiger partial charge in [0.25, 0.3) is 15.9 Å². The highest BCUT2D eigenvalue weighted by molar-refractivity contribution is 7.93. The SMILES string of the molecule is COc1ccc(S(=O)(=O)N2C(=O)C(c3ccccc3OC)(N3CC(F)CC3C(=O)N(C)C)c3cc(Cl)ccc32)c(OC)c1. The number of fused-ring (bicyclic) bond motifs is 1. The molecule has 0 spiro atoms. The molecular formula is C30H31ClFN3O7S. The molecule has 1 saturated heterocycles. The number of alkyl halides is 1. The largest absolute Gasteiger partial charge is 0.497 e. The number of sulfonamides is 1. The number of halogens is 2. The van der Waals surface area contributed by atoms with Crippen LogP contribution in [-0.2, 0) is 25.2 Å². The summed E-state index contributed by atoms with van der Waals surface area (Å²) < 4.78 is 61.3. The van der Waals surface area contributed by atoms with Crippen LogP contribution in [0.4, 0.5) is 10.1 Å². The van der Waals surface area contributed by atoms with Crippen molar-refractivity contribution in [2.75, 3.05) is 46.3 Å². The van der Waals surface area contributed by atoms with E-state index >= 15 is 9.18 Å². The summed E-state index contributed by atoms with van der Waals surface area (Å²) in [6.07, 6.45) is -1.68. The van der Waals surface area contributed by atoms with Gasteiger partial charge >= 0.3 is 0 Å². The van der Waals surface area contributed by atoms with Gasteiger partial charge in [0.05, 0.1) is 33.1 Å². The number of nitrogens with zero attached hydrogens (tertiary/aromatic N) is 3. The Morgan fingerprint density at radius 1 is 0.977 bits per heavy atom. The van der Waals surface area contributed by atoms with Gasteiger partial charge in [-0.1, -0.05) is 29.8 Å². The quantitative estimate of drug-likeness (QED) is 0.369. The number of likely N-dealkylation sites (tertiary alicyclic amines) is 1. The lowest BCUT2D eigenvalue weighted by molar-refractivity contribution is -0.138. The molecule has 3 aromatic rings. The van der Waals surface area contributed by atoms with E-state index in [0.717, 1.165) is 0 Å². The third kappa shape index (κ3) is 4.68. The molecule has 13 heteroatoms. The van der Waals surface area contributed by atoms with E-state index in [4.69, 9.17) is 25.8 Å². The molecule has 0 N–H and O–H groups in total. The molecule has 1 fully saturated rings. The lowest BCUT2D eigenvalue weighted by Gasteiger charge is -2.42. The molecule has 0 bridgehead atoms. The molecule has 5 rings (SSSR count). The molecule has 43 heavy (non-hydrogen) atoms. The van der Waals surface area contributed by atoms with Crippen molar-refractivity contribution in [3.63, 3.8) is 0 Å². The molecule has 2 aliphatic heterocycles. The summed E-state index contributed by atoms with van der Waals surface area (Å²) in [4.78, 5) is 31.1. The van der Waals surface area contributed by atoms with Crippen molar-refractivity contribution in [3.05, 3.63) is 76.8 Å². The normalized spacial score (nSPS) is 21.9. The molecule has 2 amide bonds. The molecule has 0 aliphatic carbocycles. The monoisotopic (exact) mass is 631 g/mol. The van der Waals surface area contributed by atoms with Crippen molar-refractivity contribution < 1.29 is 36.6 Å². The van der Waals surface area contributed by atoms with E-state index in [1.807, 2.05) is 0 Å². The molecular weight excluding hydrogens is 601 g/mol. The molecule has 0 saturated carbocycles. The summed E-state index contributed by atoms with van der Waals surface area (Å²) in [5, 5.41) is 0.207. The van der Waals surface area contributed by atoms with Gasteiger partial charge in [0, 0.05) is 49.3 Å². The number of carbonyl (C=O) groups is 2. The Morgan fingerprint density at radius 3 is 2.33 bits per heavy atom. The van der Waals surface area contributed by atoms with Crippen molar-refractivity contribution in [3.8, 4) is 17.2 Å². The van der Waals surface area contributed by atoms with Gasteiger partial charge < -0.3 is 19.1 Å². The van der Waals surface area contributed by atoms with Crippen molar-refractivity contribution in [2.45, 2.75) is 29.1 Å². The second-order valence-corrected chi connectivity index (χ2v) is 12.6. The summed E-state index contributed by atoms with van der Waals surface area (Å²) >= 11 is 6.49. The van der Waals surface area contributed by atoms with E-state index in [1.165, 1.54) is 81.6 Å². The van der Waals surface area contributed by atoms with Gasteiger partial charge in [-0.05, 0) is 36.4 Å². The number of likely N-dealkylation sites (N-methyl/N-ethyl adjacent to an activating group) is 1. The minimum absolute atomic E-state index is 0.00321. The lowest BCUT2D eigenvalue weighted by Crippen LogP contribution is -2.59. The van der Waals surface area contributed by atoms with Crippen LogP contribution in [0.2, 0.25) is 5.02 Å². The van der Waals surface area contributed by atoms with Gasteiger partial charge in [0.2, 0.25) is 5.91 Å². The maximum Gasteiger partial charge on any atom is 0.274 e. The first-order chi connectivity index (χ1) is 20.4. The standard InChI is InChI=1S/C30H31ClFN3O7S/c1-33(2)28(36)24-15-19(32)17-34(24)30(21-8-6-7-9-25(21)41-4)22-14-18(31)10-12-23(22)35(29(30)37)43(38,39)27-13-11-20(40-3)16-26(27)42-5/h6-14,16,19,24H,15,17H2,1-5H3. The molecule has 0 aromatic heterocycles. The summed E-state index contributed by atoms with van der Waals surface area (Å²) in [5.41, 5.74) is -1.62. The third-order valence-electron chi connectivity index (χ3n) is 7.85. The van der Waals surface area contributed by atoms with Crippen LogP contribution in [0, 0.1) is 0 Å². The number of methoxy groups -OCH3 is 3. The Bertz CT molecular complexity index is 1700. The number of rotatable bonds is 8. The Hall–Kier alpha value is -3.87. The summed E-state index contributed by atoms with van der Waals surface area (Å²) in [6.45, 7) is -0.334. The smallest absolute Gasteiger partial charge is 0.274 e. The molecule has 2 aliphatic rings. The Morgan fingerprint density at radius 2 is 1.67 bits per heavy atom. The fourth-order valence-corrected chi connectivity index (χ4v) is 7.77. The Balaban J connectivity index is 1.86. The first kappa shape index (κ1) is 30.6. The maximum atomic E-state index is 15.4. The number of para-hydroxylation sites is 1. The highest BCUT2D eigenvalue weighted by Crippen LogP contribution is 2.55. The fourth-order valence-electron chi connectivity index (χ4n) is 6.00. The zero-order valence-electron chi connectivity index (χ0n) is 24.2. The average Bonchev–Trinajstić information content (AvgIpc) is 3.50. The summed E-state index contributed by atoms with van der Waals surface area (Å²) in [7, 11) is 2.54. The molecule has 10 nitrogen and oxygen atoms in total. The number of hydrogen-bond acceptors (Lipinski definition) is 8. The molecule has 2 heterocycles. The maximum absolute atomic E-state index is 15.4. The van der Waals surface area contributed by atoms with Crippen molar-refractivity contribution in [1.82, 2.24) is 9.80 Å². The van der Waals surface area contributed by atoms with Gasteiger partial charge in [-0.2, -0.15) is 0 Å². The van der Waals surface area contributed by atoms with Crippen LogP contribution >= 0.6 is 11.6 Å². The predicted octanol–water partition coefficient (Wildman–Crippen LogP) is 3.85. The minimum atomic E-state index is -4.67. The van der Waals surface area contributed by atoms with Gasteiger partial charge in [-0.3, -0.25) is 14.5 Å². The Kier molecular flexibility index (Phi) is 8.05. The van der Waals surface area contributed by atoms with Gasteiger partial charge in [-0.15, -0.1) is 0 Å². The van der Waals surface area contributed by atoms with Crippen molar-refractivity contribution in [2.24, 2.45) is 0 Å². The fraction of sp³-hybridized carbons (Fsp3) is 0.333. The van der Waals surface area contributed by atoms with E-state index < -0.39 is 39.6 Å². The predicted molar refractivity (Wildman–Crippen MR) is 158 cm³/mol. The number of ether oxygens (including phenoxy) is 3. The van der Waals surface area contributed by atoms with Crippen LogP contribution in [-0.4, -0.2) is 84.2 Å². The van der Waals surface area contributed by atoms with Gasteiger partial charge in [0.1, 0.15) is 28.3 Å². The number of carbonyl (C=O) groups excluding carboxylic acids is 2. The van der Waals surface area contributed by atoms with Crippen LogP contribution in [0.3, 0.4) is 0 Å². The van der Waals surface area contributed by atoms with Crippen molar-refractivity contribution in [1.29, 1.82) is 0 Å². The molecule has 0 radical (unpaired) electrons. The van der Waals surface area contributed by atoms with E-state index in [0.29, 0.717) is 10.1 Å². The van der Waals surface area contributed by atoms with E-state index in [2.05, 4.69) is 0 Å². The van der Waals surface area contributed by atoms with Crippen LogP contribution in [0.1, 0.15) is 17.5 Å². The zero-order chi connectivity index (χ0) is 31.3. The molecule has 3 unspecified atom stereocenters. The van der Waals surface area contributed by atoms with Crippen LogP contribution in [0.25, 0.3) is 0 Å². The third-order valence-corrected chi connectivity index (χ3v) is 9.83. The van der Waals surface area contributed by atoms with Crippen LogP contribution in [0.5, 0.6) is 17.2 Å². The first-order valence-electron chi connectivity index (χ1n) is 13.3. The van der Waals surface area contributed by atoms with Gasteiger partial charge in [0.15, 0.2) is 5.54 Å². The number of benzene rings is 3. The van der Waals surface area contributed by atoms with E-state index in [9.17, 15) is 13.2 Å². The second-order valence-electron chi connectivity index (χ2n) is 10.4. The average molecular weight is 632 g/mol. The number of anilines is 1. The topological polar surface area (TPSA) is 106 Å². The summed E-state index contributed by atoms with van der Waals surface area (Å²) in [6, 6.07) is 13.9. The Labute approximate surface area is 254 Å². The van der Waals surface area contributed by atoms with Gasteiger partial charge in [-0.25, -0.2) is 17.1 Å². The highest BCUT2D eigenvalue weighted by atomic mass is 35.5. The van der Waals surface area contributed by atoms with E-state index in [-0.39, 0.29) is 51.2 Å². The second kappa shape index (κ2) is 11.3. The molecule has 228 valence electrons. The first-order valence-corrected chi connectivity index (χ1v) is 15.1. The van der Waals surface area contributed by atoms with E-state index in [1.54, 1.807) is 24.3 Å². The zero-order valence-corrected chi connectivity index (χ0v) is 25.8. The van der Waals surface area contributed by atoms with Crippen LogP contribution < -0.4 is 18.5 Å². The number of hydrogen-bond donors (Lipinski definition) is 0. The van der Waals surface area contributed by atoms with Crippen LogP contribution in [0.15, 0.2) is 65.6 Å². The number of amides is 2. The summed E-state index contributed by atoms with van der Waals surface area (Å²) in [5.74, 6) is -0.860.